The molecule has 0 saturated carbocycles. The Bertz CT molecular complexity index is 598. The lowest BCUT2D eigenvalue weighted by Gasteiger charge is -2.25. The largest absolute Gasteiger partial charge is 0.497 e. The second-order valence-corrected chi connectivity index (χ2v) is 5.79. The first-order valence-corrected chi connectivity index (χ1v) is 7.77. The Labute approximate surface area is 127 Å². The van der Waals surface area contributed by atoms with Crippen LogP contribution in [-0.2, 0) is 0 Å². The average Bonchev–Trinajstić information content (AvgIpc) is 3.18. The molecule has 2 amide bonds. The molecular weight excluding hydrogens is 286 g/mol. The molecule has 1 saturated heterocycles. The number of ether oxygens (including phenoxy) is 1. The molecule has 5 nitrogen and oxygen atoms in total. The van der Waals surface area contributed by atoms with E-state index in [1.165, 1.54) is 11.3 Å². The minimum Gasteiger partial charge on any atom is -0.497 e. The number of benzene rings is 1. The van der Waals surface area contributed by atoms with Crippen LogP contribution in [0.15, 0.2) is 35.8 Å². The lowest BCUT2D eigenvalue weighted by molar-refractivity contribution is 0.207. The molecule has 1 N–H and O–H groups in total. The van der Waals surface area contributed by atoms with Crippen LogP contribution in [0.4, 0.5) is 9.93 Å². The van der Waals surface area contributed by atoms with Crippen LogP contribution in [0.5, 0.6) is 5.75 Å². The average molecular weight is 303 g/mol. The first-order valence-electron chi connectivity index (χ1n) is 6.89. The fourth-order valence-corrected chi connectivity index (χ4v) is 3.15. The van der Waals surface area contributed by atoms with Crippen LogP contribution in [0, 0.1) is 0 Å². The lowest BCUT2D eigenvalue weighted by Crippen LogP contribution is -2.34. The van der Waals surface area contributed by atoms with Crippen LogP contribution in [0.2, 0.25) is 0 Å². The molecule has 2 heterocycles. The number of thiazole rings is 1. The van der Waals surface area contributed by atoms with Gasteiger partial charge >= 0.3 is 6.03 Å². The third kappa shape index (κ3) is 3.00. The Hall–Kier alpha value is -2.08. The minimum atomic E-state index is -0.0803. The van der Waals surface area contributed by atoms with Gasteiger partial charge in [-0.1, -0.05) is 12.1 Å². The number of hydrogen-bond donors (Lipinski definition) is 1. The monoisotopic (exact) mass is 303 g/mol. The summed E-state index contributed by atoms with van der Waals surface area (Å²) in [6.07, 6.45) is 3.69. The van der Waals surface area contributed by atoms with Crippen LogP contribution in [-0.4, -0.2) is 29.6 Å². The summed E-state index contributed by atoms with van der Waals surface area (Å²) in [7, 11) is 1.65. The fourth-order valence-electron chi connectivity index (χ4n) is 2.63. The van der Waals surface area contributed by atoms with E-state index in [1.54, 1.807) is 13.3 Å². The van der Waals surface area contributed by atoms with Gasteiger partial charge < -0.3 is 9.64 Å². The third-order valence-electron chi connectivity index (χ3n) is 3.66. The number of nitrogens with zero attached hydrogens (tertiary/aromatic N) is 2. The van der Waals surface area contributed by atoms with Crippen molar-refractivity contribution in [3.8, 4) is 5.75 Å². The van der Waals surface area contributed by atoms with Gasteiger partial charge in [-0.25, -0.2) is 9.78 Å². The molecule has 1 aromatic carbocycles. The maximum Gasteiger partial charge on any atom is 0.324 e. The summed E-state index contributed by atoms with van der Waals surface area (Å²) in [5.74, 6) is 0.829. The SMILES string of the molecule is COc1ccc(C2CCCN2C(=O)Nc2nccs2)cc1. The molecule has 6 heteroatoms. The molecule has 1 aliphatic rings. The molecule has 2 aromatic rings. The van der Waals surface area contributed by atoms with Gasteiger partial charge in [0.05, 0.1) is 13.2 Å². The van der Waals surface area contributed by atoms with E-state index in [0.717, 1.165) is 30.7 Å². The molecule has 1 aromatic heterocycles. The summed E-state index contributed by atoms with van der Waals surface area (Å²) in [4.78, 5) is 18.3. The highest BCUT2D eigenvalue weighted by Gasteiger charge is 2.30. The van der Waals surface area contributed by atoms with Gasteiger partial charge in [-0.3, -0.25) is 5.32 Å². The highest BCUT2D eigenvalue weighted by atomic mass is 32.1. The van der Waals surface area contributed by atoms with Gasteiger partial charge in [0.2, 0.25) is 0 Å². The zero-order chi connectivity index (χ0) is 14.7. The first kappa shape index (κ1) is 13.9. The number of hydrogen-bond acceptors (Lipinski definition) is 4. The van der Waals surface area contributed by atoms with Crippen molar-refractivity contribution in [2.45, 2.75) is 18.9 Å². The van der Waals surface area contributed by atoms with E-state index in [2.05, 4.69) is 10.3 Å². The van der Waals surface area contributed by atoms with Crippen LogP contribution in [0.1, 0.15) is 24.4 Å². The van der Waals surface area contributed by atoms with Crippen molar-refractivity contribution in [2.75, 3.05) is 19.0 Å². The molecule has 1 unspecified atom stereocenters. The standard InChI is InChI=1S/C15H17N3O2S/c1-20-12-6-4-11(5-7-12)13-3-2-9-18(13)15(19)17-14-16-8-10-21-14/h4-8,10,13H,2-3,9H2,1H3,(H,16,17,19). The molecule has 0 radical (unpaired) electrons. The number of methoxy groups -OCH3 is 1. The molecule has 1 atom stereocenters. The topological polar surface area (TPSA) is 54.5 Å². The molecular formula is C15H17N3O2S. The number of carbonyl (C=O) groups excluding carboxylic acids is 1. The normalized spacial score (nSPS) is 17.8. The van der Waals surface area contributed by atoms with Crippen LogP contribution in [0.3, 0.4) is 0 Å². The summed E-state index contributed by atoms with van der Waals surface area (Å²) in [5, 5.41) is 5.34. The quantitative estimate of drug-likeness (QED) is 0.944. The third-order valence-corrected chi connectivity index (χ3v) is 4.35. The van der Waals surface area contributed by atoms with E-state index < -0.39 is 0 Å². The van der Waals surface area contributed by atoms with Crippen LogP contribution in [0.25, 0.3) is 0 Å². The van der Waals surface area contributed by atoms with Crippen molar-refractivity contribution < 1.29 is 9.53 Å². The summed E-state index contributed by atoms with van der Waals surface area (Å²) in [6, 6.07) is 7.96. The summed E-state index contributed by atoms with van der Waals surface area (Å²) in [6.45, 7) is 0.772. The molecule has 0 aliphatic carbocycles. The van der Waals surface area contributed by atoms with E-state index in [0.29, 0.717) is 5.13 Å². The Morgan fingerprint density at radius 3 is 2.90 bits per heavy atom. The van der Waals surface area contributed by atoms with E-state index in [4.69, 9.17) is 4.74 Å². The second kappa shape index (κ2) is 6.13. The molecule has 1 fully saturated rings. The number of aromatic nitrogens is 1. The van der Waals surface area contributed by atoms with E-state index in [1.807, 2.05) is 34.5 Å². The van der Waals surface area contributed by atoms with Crippen molar-refractivity contribution in [2.24, 2.45) is 0 Å². The smallest absolute Gasteiger partial charge is 0.324 e. The predicted molar refractivity (Wildman–Crippen MR) is 82.8 cm³/mol. The minimum absolute atomic E-state index is 0.0803. The maximum atomic E-state index is 12.4. The number of urea groups is 1. The second-order valence-electron chi connectivity index (χ2n) is 4.89. The summed E-state index contributed by atoms with van der Waals surface area (Å²) in [5.41, 5.74) is 1.14. The molecule has 1 aliphatic heterocycles. The Morgan fingerprint density at radius 1 is 1.43 bits per heavy atom. The van der Waals surface area contributed by atoms with Gasteiger partial charge in [-0.15, -0.1) is 11.3 Å². The lowest BCUT2D eigenvalue weighted by atomic mass is 10.0. The van der Waals surface area contributed by atoms with Crippen molar-refractivity contribution >= 4 is 22.5 Å². The van der Waals surface area contributed by atoms with Gasteiger partial charge in [0.15, 0.2) is 5.13 Å². The highest BCUT2D eigenvalue weighted by molar-refractivity contribution is 7.13. The summed E-state index contributed by atoms with van der Waals surface area (Å²) >= 11 is 1.43. The van der Waals surface area contributed by atoms with Crippen LogP contribution >= 0.6 is 11.3 Å². The van der Waals surface area contributed by atoms with Crippen molar-refractivity contribution in [1.29, 1.82) is 0 Å². The number of carbonyl (C=O) groups is 1. The maximum absolute atomic E-state index is 12.4. The van der Waals surface area contributed by atoms with Crippen LogP contribution < -0.4 is 10.1 Å². The van der Waals surface area contributed by atoms with Crippen molar-refractivity contribution in [3.63, 3.8) is 0 Å². The molecule has 3 rings (SSSR count). The highest BCUT2D eigenvalue weighted by Crippen LogP contribution is 2.33. The van der Waals surface area contributed by atoms with Crippen molar-refractivity contribution in [1.82, 2.24) is 9.88 Å². The Morgan fingerprint density at radius 2 is 2.24 bits per heavy atom. The van der Waals surface area contributed by atoms with Gasteiger partial charge in [0, 0.05) is 18.1 Å². The zero-order valence-corrected chi connectivity index (χ0v) is 12.6. The number of likely N-dealkylation sites (tertiary alicyclic amines) is 1. The van der Waals surface area contributed by atoms with Gasteiger partial charge in [0.25, 0.3) is 0 Å². The number of nitrogens with one attached hydrogen (secondary N) is 1. The van der Waals surface area contributed by atoms with Gasteiger partial charge in [-0.2, -0.15) is 0 Å². The molecule has 0 bridgehead atoms. The predicted octanol–water partition coefficient (Wildman–Crippen LogP) is 3.52. The Balaban J connectivity index is 1.73. The fraction of sp³-hybridized carbons (Fsp3) is 0.333. The number of amides is 2. The van der Waals surface area contributed by atoms with E-state index >= 15 is 0 Å². The number of rotatable bonds is 3. The van der Waals surface area contributed by atoms with E-state index in [-0.39, 0.29) is 12.1 Å². The van der Waals surface area contributed by atoms with Gasteiger partial charge in [0.1, 0.15) is 5.75 Å². The number of anilines is 1. The first-order chi connectivity index (χ1) is 10.3. The zero-order valence-electron chi connectivity index (χ0n) is 11.8. The summed E-state index contributed by atoms with van der Waals surface area (Å²) < 4.78 is 5.18. The molecule has 0 spiro atoms. The van der Waals surface area contributed by atoms with Crippen molar-refractivity contribution in [3.05, 3.63) is 41.4 Å². The Kier molecular flexibility index (Phi) is 4.06. The van der Waals surface area contributed by atoms with Gasteiger partial charge in [-0.05, 0) is 30.5 Å². The molecule has 110 valence electrons. The molecule has 21 heavy (non-hydrogen) atoms. The van der Waals surface area contributed by atoms with E-state index in [9.17, 15) is 4.79 Å².